The number of hydrogen-bond acceptors (Lipinski definition) is 4. The number of thiophene rings is 1. The van der Waals surface area contributed by atoms with Gasteiger partial charge in [-0.15, -0.1) is 0 Å². The summed E-state index contributed by atoms with van der Waals surface area (Å²) in [4.78, 5) is 11.4. The molecule has 0 unspecified atom stereocenters. The zero-order chi connectivity index (χ0) is 12.9. The zero-order valence-electron chi connectivity index (χ0n) is 10.5. The van der Waals surface area contributed by atoms with Gasteiger partial charge in [0.2, 0.25) is 0 Å². The van der Waals surface area contributed by atoms with E-state index in [0.29, 0.717) is 13.0 Å². The van der Waals surface area contributed by atoms with Crippen LogP contribution >= 0.6 is 11.3 Å². The quantitative estimate of drug-likeness (QED) is 0.870. The molecule has 0 spiro atoms. The molecule has 0 aliphatic heterocycles. The zero-order valence-corrected chi connectivity index (χ0v) is 11.3. The summed E-state index contributed by atoms with van der Waals surface area (Å²) in [5.74, 6) is 0. The highest BCUT2D eigenvalue weighted by Crippen LogP contribution is 2.16. The molecule has 4 nitrogen and oxygen atoms in total. The Kier molecular flexibility index (Phi) is 4.96. The van der Waals surface area contributed by atoms with Crippen LogP contribution in [0.2, 0.25) is 0 Å². The minimum absolute atomic E-state index is 0.0313. The van der Waals surface area contributed by atoms with Gasteiger partial charge in [0.25, 0.3) is 0 Å². The van der Waals surface area contributed by atoms with E-state index < -0.39 is 11.7 Å². The van der Waals surface area contributed by atoms with Crippen LogP contribution < -0.4 is 11.1 Å². The van der Waals surface area contributed by atoms with Crippen LogP contribution in [-0.2, 0) is 4.74 Å². The molecule has 1 amide bonds. The molecule has 0 radical (unpaired) electrons. The fourth-order valence-corrected chi connectivity index (χ4v) is 2.02. The molecule has 1 rings (SSSR count). The van der Waals surface area contributed by atoms with Crippen molar-refractivity contribution in [2.24, 2.45) is 5.73 Å². The van der Waals surface area contributed by atoms with Crippen molar-refractivity contribution in [3.8, 4) is 0 Å². The average molecular weight is 256 g/mol. The Balaban J connectivity index is 2.22. The predicted molar refractivity (Wildman–Crippen MR) is 70.1 cm³/mol. The molecule has 0 saturated carbocycles. The van der Waals surface area contributed by atoms with Crippen LogP contribution in [0.25, 0.3) is 0 Å². The van der Waals surface area contributed by atoms with Crippen LogP contribution in [0.5, 0.6) is 0 Å². The summed E-state index contributed by atoms with van der Waals surface area (Å²) in [6.07, 6.45) is 0.311. The summed E-state index contributed by atoms with van der Waals surface area (Å²) in [5.41, 5.74) is 6.62. The van der Waals surface area contributed by atoms with Gasteiger partial charge in [0.1, 0.15) is 5.60 Å². The summed E-state index contributed by atoms with van der Waals surface area (Å²) >= 11 is 1.62. The van der Waals surface area contributed by atoms with Gasteiger partial charge in [0.15, 0.2) is 0 Å². The van der Waals surface area contributed by atoms with Gasteiger partial charge in [-0.25, -0.2) is 4.79 Å². The van der Waals surface area contributed by atoms with Crippen molar-refractivity contribution in [1.29, 1.82) is 0 Å². The topological polar surface area (TPSA) is 64.3 Å². The van der Waals surface area contributed by atoms with Crippen LogP contribution in [0.1, 0.15) is 38.8 Å². The molecule has 0 bridgehead atoms. The van der Waals surface area contributed by atoms with Gasteiger partial charge in [-0.1, -0.05) is 0 Å². The van der Waals surface area contributed by atoms with E-state index in [4.69, 9.17) is 10.5 Å². The Labute approximate surface area is 106 Å². The van der Waals surface area contributed by atoms with Crippen molar-refractivity contribution < 1.29 is 9.53 Å². The number of nitrogens with one attached hydrogen (secondary N) is 1. The third kappa shape index (κ3) is 5.70. The molecule has 1 heterocycles. The molecule has 0 aliphatic carbocycles. The average Bonchev–Trinajstić information content (AvgIpc) is 2.66. The minimum atomic E-state index is -0.459. The van der Waals surface area contributed by atoms with Crippen molar-refractivity contribution in [3.05, 3.63) is 22.4 Å². The molecule has 3 N–H and O–H groups in total. The number of hydrogen-bond donors (Lipinski definition) is 2. The van der Waals surface area contributed by atoms with E-state index in [0.717, 1.165) is 5.56 Å². The molecule has 1 atom stereocenters. The molecule has 0 saturated heterocycles. The Hall–Kier alpha value is -1.07. The molecule has 0 aromatic carbocycles. The molecular weight excluding hydrogens is 236 g/mol. The van der Waals surface area contributed by atoms with E-state index in [1.807, 2.05) is 37.6 Å². The van der Waals surface area contributed by atoms with E-state index >= 15 is 0 Å². The summed E-state index contributed by atoms with van der Waals surface area (Å²) < 4.78 is 5.12. The fourth-order valence-electron chi connectivity index (χ4n) is 1.30. The SMILES string of the molecule is CC(C)(C)OC(=O)NCC[C@@H](N)c1ccsc1. The first-order valence-electron chi connectivity index (χ1n) is 5.63. The van der Waals surface area contributed by atoms with Gasteiger partial charge in [-0.2, -0.15) is 11.3 Å². The normalized spacial score (nSPS) is 13.2. The van der Waals surface area contributed by atoms with Gasteiger partial charge >= 0.3 is 6.09 Å². The minimum Gasteiger partial charge on any atom is -0.444 e. The number of ether oxygens (including phenoxy) is 1. The van der Waals surface area contributed by atoms with Gasteiger partial charge in [-0.05, 0) is 49.6 Å². The monoisotopic (exact) mass is 256 g/mol. The Morgan fingerprint density at radius 2 is 2.29 bits per heavy atom. The second-order valence-electron chi connectivity index (χ2n) is 4.88. The lowest BCUT2D eigenvalue weighted by atomic mass is 10.1. The van der Waals surface area contributed by atoms with E-state index in [-0.39, 0.29) is 6.04 Å². The molecule has 0 fully saturated rings. The number of carbonyl (C=O) groups excluding carboxylic acids is 1. The largest absolute Gasteiger partial charge is 0.444 e. The Morgan fingerprint density at radius 3 is 2.82 bits per heavy atom. The standard InChI is InChI=1S/C12H20N2O2S/c1-12(2,3)16-11(15)14-6-4-10(13)9-5-7-17-8-9/h5,7-8,10H,4,6,13H2,1-3H3,(H,14,15)/t10-/m1/s1. The maximum Gasteiger partial charge on any atom is 0.407 e. The number of amides is 1. The highest BCUT2D eigenvalue weighted by molar-refractivity contribution is 7.07. The first-order valence-corrected chi connectivity index (χ1v) is 6.57. The van der Waals surface area contributed by atoms with Gasteiger partial charge < -0.3 is 15.8 Å². The predicted octanol–water partition coefficient (Wildman–Crippen LogP) is 2.66. The molecule has 5 heteroatoms. The van der Waals surface area contributed by atoms with Crippen LogP contribution in [0.3, 0.4) is 0 Å². The summed E-state index contributed by atoms with van der Waals surface area (Å²) in [7, 11) is 0. The summed E-state index contributed by atoms with van der Waals surface area (Å²) in [5, 5.41) is 6.72. The summed E-state index contributed by atoms with van der Waals surface area (Å²) in [6.45, 7) is 6.03. The van der Waals surface area contributed by atoms with Crippen molar-refractivity contribution >= 4 is 17.4 Å². The molecule has 96 valence electrons. The second kappa shape index (κ2) is 6.02. The van der Waals surface area contributed by atoms with E-state index in [1.54, 1.807) is 11.3 Å². The van der Waals surface area contributed by atoms with Crippen molar-refractivity contribution in [1.82, 2.24) is 5.32 Å². The molecule has 0 aliphatic rings. The lowest BCUT2D eigenvalue weighted by molar-refractivity contribution is 0.0526. The van der Waals surface area contributed by atoms with Crippen molar-refractivity contribution in [2.45, 2.75) is 38.8 Å². The van der Waals surface area contributed by atoms with Crippen LogP contribution in [-0.4, -0.2) is 18.2 Å². The highest BCUT2D eigenvalue weighted by atomic mass is 32.1. The van der Waals surface area contributed by atoms with Gasteiger partial charge in [0, 0.05) is 12.6 Å². The molecular formula is C12H20N2O2S. The number of nitrogens with two attached hydrogens (primary N) is 1. The lowest BCUT2D eigenvalue weighted by Crippen LogP contribution is -2.33. The third-order valence-corrected chi connectivity index (χ3v) is 2.80. The van der Waals surface area contributed by atoms with Crippen LogP contribution in [0, 0.1) is 0 Å². The third-order valence-electron chi connectivity index (χ3n) is 2.09. The van der Waals surface area contributed by atoms with Crippen LogP contribution in [0.4, 0.5) is 4.79 Å². The summed E-state index contributed by atoms with van der Waals surface area (Å²) in [6, 6.07) is 1.97. The Morgan fingerprint density at radius 1 is 1.59 bits per heavy atom. The van der Waals surface area contributed by atoms with Crippen LogP contribution in [0.15, 0.2) is 16.8 Å². The van der Waals surface area contributed by atoms with Gasteiger partial charge in [-0.3, -0.25) is 0 Å². The molecule has 1 aromatic rings. The van der Waals surface area contributed by atoms with Gasteiger partial charge in [0.05, 0.1) is 0 Å². The smallest absolute Gasteiger partial charge is 0.407 e. The maximum absolute atomic E-state index is 11.4. The number of alkyl carbamates (subject to hydrolysis) is 1. The lowest BCUT2D eigenvalue weighted by Gasteiger charge is -2.20. The number of rotatable bonds is 4. The molecule has 1 aromatic heterocycles. The first-order chi connectivity index (χ1) is 7.88. The highest BCUT2D eigenvalue weighted by Gasteiger charge is 2.16. The number of carbonyl (C=O) groups is 1. The second-order valence-corrected chi connectivity index (χ2v) is 5.66. The first kappa shape index (κ1) is 14.0. The van der Waals surface area contributed by atoms with Crippen molar-refractivity contribution in [2.75, 3.05) is 6.54 Å². The van der Waals surface area contributed by atoms with E-state index in [1.165, 1.54) is 0 Å². The molecule has 17 heavy (non-hydrogen) atoms. The maximum atomic E-state index is 11.4. The Bertz CT molecular complexity index is 344. The van der Waals surface area contributed by atoms with E-state index in [2.05, 4.69) is 5.32 Å². The van der Waals surface area contributed by atoms with Crippen molar-refractivity contribution in [3.63, 3.8) is 0 Å². The van der Waals surface area contributed by atoms with E-state index in [9.17, 15) is 4.79 Å². The fraction of sp³-hybridized carbons (Fsp3) is 0.583.